The molecule has 4 rings (SSSR count). The van der Waals surface area contributed by atoms with E-state index >= 15 is 0 Å². The number of hydrogen-bond donors (Lipinski definition) is 1. The van der Waals surface area contributed by atoms with Gasteiger partial charge < -0.3 is 19.3 Å². The summed E-state index contributed by atoms with van der Waals surface area (Å²) in [5.74, 6) is 0.323. The van der Waals surface area contributed by atoms with E-state index in [2.05, 4.69) is 28.9 Å². The van der Waals surface area contributed by atoms with Crippen LogP contribution in [0.1, 0.15) is 11.1 Å². The second kappa shape index (κ2) is 8.66. The molecule has 6 heteroatoms. The van der Waals surface area contributed by atoms with Gasteiger partial charge in [0.1, 0.15) is 0 Å². The number of halogens is 1. The number of nitrogens with zero attached hydrogens (tertiary/aromatic N) is 3. The summed E-state index contributed by atoms with van der Waals surface area (Å²) in [7, 11) is 1.75. The Balaban J connectivity index is 1.55. The molecule has 154 valence electrons. The molecular formula is C23H28ClN3O2. The van der Waals surface area contributed by atoms with Gasteiger partial charge in [-0.3, -0.25) is 4.90 Å². The van der Waals surface area contributed by atoms with E-state index in [9.17, 15) is 5.11 Å². The Hall–Kier alpha value is -2.21. The second-order valence-corrected chi connectivity index (χ2v) is 8.19. The van der Waals surface area contributed by atoms with Crippen molar-refractivity contribution < 1.29 is 9.84 Å². The Morgan fingerprint density at radius 2 is 1.79 bits per heavy atom. The quantitative estimate of drug-likeness (QED) is 0.659. The zero-order chi connectivity index (χ0) is 20.4. The largest absolute Gasteiger partial charge is 0.494 e. The summed E-state index contributed by atoms with van der Waals surface area (Å²) in [4.78, 5) is 4.88. The predicted molar refractivity (Wildman–Crippen MR) is 119 cm³/mol. The highest BCUT2D eigenvalue weighted by atomic mass is 35.5. The summed E-state index contributed by atoms with van der Waals surface area (Å²) >= 11 is 5.99. The van der Waals surface area contributed by atoms with Crippen molar-refractivity contribution >= 4 is 28.1 Å². The molecule has 2 heterocycles. The van der Waals surface area contributed by atoms with E-state index in [0.717, 1.165) is 66.3 Å². The number of rotatable bonds is 6. The summed E-state index contributed by atoms with van der Waals surface area (Å²) in [5.41, 5.74) is 3.44. The maximum absolute atomic E-state index is 10.8. The van der Waals surface area contributed by atoms with Gasteiger partial charge in [0.2, 0.25) is 0 Å². The first-order chi connectivity index (χ1) is 14.0. The van der Waals surface area contributed by atoms with Crippen LogP contribution in [0.4, 0.5) is 5.69 Å². The molecule has 1 N–H and O–H groups in total. The number of methoxy groups -OCH3 is 1. The minimum atomic E-state index is 0.323. The van der Waals surface area contributed by atoms with E-state index in [1.165, 1.54) is 5.69 Å². The van der Waals surface area contributed by atoms with Crippen molar-refractivity contribution in [2.45, 2.75) is 13.5 Å². The number of aryl methyl sites for hydroxylation is 1. The van der Waals surface area contributed by atoms with E-state index in [1.807, 2.05) is 35.0 Å². The average molecular weight is 414 g/mol. The van der Waals surface area contributed by atoms with E-state index in [-0.39, 0.29) is 0 Å². The molecule has 1 saturated heterocycles. The molecule has 1 fully saturated rings. The number of aromatic nitrogens is 1. The second-order valence-electron chi connectivity index (χ2n) is 7.76. The van der Waals surface area contributed by atoms with Crippen LogP contribution in [0.5, 0.6) is 5.88 Å². The van der Waals surface area contributed by atoms with Crippen LogP contribution >= 0.6 is 11.6 Å². The molecule has 0 bridgehead atoms. The smallest absolute Gasteiger partial charge is 0.199 e. The maximum Gasteiger partial charge on any atom is 0.199 e. The predicted octanol–water partition coefficient (Wildman–Crippen LogP) is 4.13. The Morgan fingerprint density at radius 1 is 1.07 bits per heavy atom. The molecule has 1 aromatic heterocycles. The number of benzene rings is 2. The Morgan fingerprint density at radius 3 is 2.48 bits per heavy atom. The normalized spacial score (nSPS) is 15.3. The molecule has 5 nitrogen and oxygen atoms in total. The fourth-order valence-electron chi connectivity index (χ4n) is 4.11. The van der Waals surface area contributed by atoms with Crippen molar-refractivity contribution in [1.29, 1.82) is 0 Å². The third-order valence-corrected chi connectivity index (χ3v) is 6.01. The zero-order valence-corrected chi connectivity index (χ0v) is 17.8. The first-order valence-electron chi connectivity index (χ1n) is 10.1. The van der Waals surface area contributed by atoms with Crippen LogP contribution in [0.25, 0.3) is 10.8 Å². The minimum absolute atomic E-state index is 0.323. The van der Waals surface area contributed by atoms with Crippen molar-refractivity contribution in [3.63, 3.8) is 0 Å². The summed E-state index contributed by atoms with van der Waals surface area (Å²) < 4.78 is 7.10. The van der Waals surface area contributed by atoms with Crippen LogP contribution in [-0.4, -0.2) is 61.0 Å². The number of fused-ring (bicyclic) bond motifs is 1. The molecule has 29 heavy (non-hydrogen) atoms. The molecule has 3 aromatic rings. The van der Waals surface area contributed by atoms with Gasteiger partial charge in [-0.05, 0) is 42.3 Å². The van der Waals surface area contributed by atoms with Gasteiger partial charge in [0.05, 0.1) is 13.2 Å². The van der Waals surface area contributed by atoms with Crippen LogP contribution in [0, 0.1) is 6.92 Å². The van der Waals surface area contributed by atoms with Crippen molar-refractivity contribution in [2.24, 2.45) is 0 Å². The van der Waals surface area contributed by atoms with E-state index in [0.29, 0.717) is 12.4 Å². The SMILES string of the molecule is COCCN1CCN(c2cc(C)c3c(O)n(Cc4ccc(Cl)cc4)cc3c2)CC1. The Labute approximate surface area is 177 Å². The Kier molecular flexibility index (Phi) is 5.99. The summed E-state index contributed by atoms with van der Waals surface area (Å²) in [6, 6.07) is 12.1. The topological polar surface area (TPSA) is 40.9 Å². The van der Waals surface area contributed by atoms with Crippen LogP contribution in [-0.2, 0) is 11.3 Å². The van der Waals surface area contributed by atoms with Gasteiger partial charge in [0.15, 0.2) is 5.88 Å². The molecule has 1 aliphatic rings. The van der Waals surface area contributed by atoms with Gasteiger partial charge in [0, 0.05) is 67.5 Å². The standard InChI is InChI=1S/C23H28ClN3O2/c1-17-13-21(26-9-7-25(8-10-26)11-12-29-2)14-19-16-27(23(28)22(17)19)15-18-3-5-20(24)6-4-18/h3-6,13-14,16,28H,7-12,15H2,1-2H3. The highest BCUT2D eigenvalue weighted by Gasteiger charge is 2.19. The number of hydrogen-bond acceptors (Lipinski definition) is 4. The summed E-state index contributed by atoms with van der Waals surface area (Å²) in [6.07, 6.45) is 2.05. The number of piperazine rings is 1. The fraction of sp³-hybridized carbons (Fsp3) is 0.391. The number of aromatic hydroxyl groups is 1. The van der Waals surface area contributed by atoms with Crippen LogP contribution in [0.15, 0.2) is 42.6 Å². The lowest BCUT2D eigenvalue weighted by Crippen LogP contribution is -2.47. The van der Waals surface area contributed by atoms with Gasteiger partial charge >= 0.3 is 0 Å². The lowest BCUT2D eigenvalue weighted by atomic mass is 10.1. The lowest BCUT2D eigenvalue weighted by Gasteiger charge is -2.36. The van der Waals surface area contributed by atoms with Crippen LogP contribution in [0.2, 0.25) is 5.02 Å². The van der Waals surface area contributed by atoms with Gasteiger partial charge in [-0.2, -0.15) is 0 Å². The van der Waals surface area contributed by atoms with Gasteiger partial charge in [-0.1, -0.05) is 23.7 Å². The minimum Gasteiger partial charge on any atom is -0.494 e. The van der Waals surface area contributed by atoms with Gasteiger partial charge in [-0.15, -0.1) is 0 Å². The van der Waals surface area contributed by atoms with Crippen LogP contribution in [0.3, 0.4) is 0 Å². The molecule has 0 aliphatic carbocycles. The molecule has 0 spiro atoms. The maximum atomic E-state index is 10.8. The van der Waals surface area contributed by atoms with Crippen molar-refractivity contribution in [2.75, 3.05) is 51.3 Å². The Bertz CT molecular complexity index is 976. The molecule has 0 unspecified atom stereocenters. The average Bonchev–Trinajstić information content (AvgIpc) is 3.04. The molecule has 2 aromatic carbocycles. The van der Waals surface area contributed by atoms with Gasteiger partial charge in [-0.25, -0.2) is 0 Å². The fourth-order valence-corrected chi connectivity index (χ4v) is 4.24. The molecule has 0 saturated carbocycles. The zero-order valence-electron chi connectivity index (χ0n) is 17.1. The lowest BCUT2D eigenvalue weighted by molar-refractivity contribution is 0.144. The third-order valence-electron chi connectivity index (χ3n) is 5.76. The van der Waals surface area contributed by atoms with Crippen molar-refractivity contribution in [3.05, 3.63) is 58.7 Å². The summed E-state index contributed by atoms with van der Waals surface area (Å²) in [6.45, 7) is 8.57. The van der Waals surface area contributed by atoms with E-state index in [4.69, 9.17) is 16.3 Å². The number of anilines is 1. The van der Waals surface area contributed by atoms with E-state index in [1.54, 1.807) is 7.11 Å². The molecule has 0 atom stereocenters. The molecule has 1 aliphatic heterocycles. The number of ether oxygens (including phenoxy) is 1. The van der Waals surface area contributed by atoms with Crippen molar-refractivity contribution in [3.8, 4) is 5.88 Å². The molecule has 0 amide bonds. The first kappa shape index (κ1) is 20.1. The van der Waals surface area contributed by atoms with Crippen molar-refractivity contribution in [1.82, 2.24) is 9.47 Å². The summed E-state index contributed by atoms with van der Waals surface area (Å²) in [5, 5.41) is 13.5. The highest BCUT2D eigenvalue weighted by Crippen LogP contribution is 2.34. The molecular weight excluding hydrogens is 386 g/mol. The highest BCUT2D eigenvalue weighted by molar-refractivity contribution is 6.30. The van der Waals surface area contributed by atoms with Gasteiger partial charge in [0.25, 0.3) is 0 Å². The van der Waals surface area contributed by atoms with E-state index < -0.39 is 0 Å². The first-order valence-corrected chi connectivity index (χ1v) is 10.5. The monoisotopic (exact) mass is 413 g/mol. The van der Waals surface area contributed by atoms with Crippen LogP contribution < -0.4 is 4.90 Å². The molecule has 0 radical (unpaired) electrons. The third kappa shape index (κ3) is 4.37.